The molecule has 1 N–H and O–H groups in total. The SMILES string of the molecule is CC(C)(C)C(=O)N1CC[C@H](c2nc(Nc3ccccc3)cc(-c3cccnc3)n2)C1. The molecule has 4 rings (SSSR count). The minimum Gasteiger partial charge on any atom is -0.341 e. The highest BCUT2D eigenvalue weighted by molar-refractivity contribution is 5.81. The van der Waals surface area contributed by atoms with Gasteiger partial charge in [-0.05, 0) is 30.7 Å². The molecule has 0 radical (unpaired) electrons. The van der Waals surface area contributed by atoms with Gasteiger partial charge in [0.2, 0.25) is 5.91 Å². The number of anilines is 2. The van der Waals surface area contributed by atoms with E-state index in [4.69, 9.17) is 9.97 Å². The smallest absolute Gasteiger partial charge is 0.227 e. The average Bonchev–Trinajstić information content (AvgIpc) is 3.24. The van der Waals surface area contributed by atoms with Crippen molar-refractivity contribution in [2.24, 2.45) is 5.41 Å². The quantitative estimate of drug-likeness (QED) is 0.689. The third kappa shape index (κ3) is 4.48. The van der Waals surface area contributed by atoms with E-state index in [-0.39, 0.29) is 17.2 Å². The maximum absolute atomic E-state index is 12.7. The molecule has 1 aromatic carbocycles. The third-order valence-electron chi connectivity index (χ3n) is 5.23. The second kappa shape index (κ2) is 8.22. The van der Waals surface area contributed by atoms with E-state index in [0.717, 1.165) is 41.6 Å². The van der Waals surface area contributed by atoms with E-state index < -0.39 is 0 Å². The highest BCUT2D eigenvalue weighted by Gasteiger charge is 2.34. The van der Waals surface area contributed by atoms with Crippen molar-refractivity contribution in [3.05, 3.63) is 66.7 Å². The van der Waals surface area contributed by atoms with Crippen molar-refractivity contribution in [3.8, 4) is 11.3 Å². The molecule has 1 fully saturated rings. The van der Waals surface area contributed by atoms with Crippen LogP contribution in [0.4, 0.5) is 11.5 Å². The van der Waals surface area contributed by atoms with Gasteiger partial charge in [0, 0.05) is 54.1 Å². The van der Waals surface area contributed by atoms with Crippen molar-refractivity contribution in [1.29, 1.82) is 0 Å². The lowest BCUT2D eigenvalue weighted by molar-refractivity contribution is -0.138. The number of hydrogen-bond acceptors (Lipinski definition) is 5. The summed E-state index contributed by atoms with van der Waals surface area (Å²) >= 11 is 0. The fraction of sp³-hybridized carbons (Fsp3) is 0.333. The second-order valence-corrected chi connectivity index (χ2v) is 8.72. The number of hydrogen-bond donors (Lipinski definition) is 1. The summed E-state index contributed by atoms with van der Waals surface area (Å²) in [5, 5.41) is 3.38. The first kappa shape index (κ1) is 20.0. The van der Waals surface area contributed by atoms with Gasteiger partial charge >= 0.3 is 0 Å². The van der Waals surface area contributed by atoms with E-state index in [2.05, 4.69) is 10.3 Å². The summed E-state index contributed by atoms with van der Waals surface area (Å²) in [7, 11) is 0. The monoisotopic (exact) mass is 401 g/mol. The molecule has 1 amide bonds. The van der Waals surface area contributed by atoms with E-state index in [9.17, 15) is 4.79 Å². The maximum Gasteiger partial charge on any atom is 0.227 e. The van der Waals surface area contributed by atoms with Crippen LogP contribution in [0.15, 0.2) is 60.9 Å². The van der Waals surface area contributed by atoms with Crippen molar-refractivity contribution in [2.45, 2.75) is 33.1 Å². The van der Waals surface area contributed by atoms with Crippen molar-refractivity contribution < 1.29 is 4.79 Å². The molecule has 2 aromatic heterocycles. The van der Waals surface area contributed by atoms with E-state index in [1.54, 1.807) is 6.20 Å². The van der Waals surface area contributed by atoms with Crippen molar-refractivity contribution >= 4 is 17.4 Å². The van der Waals surface area contributed by atoms with Crippen LogP contribution in [0.25, 0.3) is 11.3 Å². The van der Waals surface area contributed by atoms with Gasteiger partial charge < -0.3 is 10.2 Å². The predicted molar refractivity (Wildman–Crippen MR) is 118 cm³/mol. The molecule has 0 unspecified atom stereocenters. The molecule has 6 nitrogen and oxygen atoms in total. The first-order valence-corrected chi connectivity index (χ1v) is 10.3. The summed E-state index contributed by atoms with van der Waals surface area (Å²) < 4.78 is 0. The zero-order valence-corrected chi connectivity index (χ0v) is 17.7. The number of carbonyl (C=O) groups excluding carboxylic acids is 1. The first-order chi connectivity index (χ1) is 14.4. The number of amides is 1. The Morgan fingerprint density at radius 1 is 1.10 bits per heavy atom. The number of nitrogens with one attached hydrogen (secondary N) is 1. The van der Waals surface area contributed by atoms with E-state index in [1.807, 2.05) is 80.4 Å². The van der Waals surface area contributed by atoms with Crippen LogP contribution in [0.1, 0.15) is 38.9 Å². The van der Waals surface area contributed by atoms with Gasteiger partial charge in [0.15, 0.2) is 0 Å². The molecule has 1 atom stereocenters. The maximum atomic E-state index is 12.7. The van der Waals surface area contributed by atoms with Gasteiger partial charge in [0.25, 0.3) is 0 Å². The predicted octanol–water partition coefficient (Wildman–Crippen LogP) is 4.64. The zero-order chi connectivity index (χ0) is 21.1. The summed E-state index contributed by atoms with van der Waals surface area (Å²) in [4.78, 5) is 28.5. The molecular weight excluding hydrogens is 374 g/mol. The van der Waals surface area contributed by atoms with Gasteiger partial charge in [0.05, 0.1) is 5.69 Å². The Balaban J connectivity index is 1.65. The minimum absolute atomic E-state index is 0.115. The fourth-order valence-corrected chi connectivity index (χ4v) is 3.67. The molecule has 154 valence electrons. The lowest BCUT2D eigenvalue weighted by Gasteiger charge is -2.25. The Morgan fingerprint density at radius 2 is 1.90 bits per heavy atom. The summed E-state index contributed by atoms with van der Waals surface area (Å²) in [5.41, 5.74) is 2.35. The standard InChI is InChI=1S/C24H27N5O/c1-24(2,3)23(30)29-13-11-18(16-29)22-27-20(17-8-7-12-25-15-17)14-21(28-22)26-19-9-5-4-6-10-19/h4-10,12,14-15,18H,11,13,16H2,1-3H3,(H,26,27,28)/t18-/m0/s1. The highest BCUT2D eigenvalue weighted by atomic mass is 16.2. The second-order valence-electron chi connectivity index (χ2n) is 8.72. The molecule has 6 heteroatoms. The van der Waals surface area contributed by atoms with Crippen LogP contribution < -0.4 is 5.32 Å². The normalized spacial score (nSPS) is 16.5. The van der Waals surface area contributed by atoms with Crippen LogP contribution in [0.5, 0.6) is 0 Å². The molecule has 0 saturated carbocycles. The van der Waals surface area contributed by atoms with Gasteiger partial charge in [-0.25, -0.2) is 9.97 Å². The van der Waals surface area contributed by atoms with Crippen LogP contribution in [0, 0.1) is 5.41 Å². The third-order valence-corrected chi connectivity index (χ3v) is 5.23. The number of carbonyl (C=O) groups is 1. The van der Waals surface area contributed by atoms with Crippen molar-refractivity contribution in [2.75, 3.05) is 18.4 Å². The summed E-state index contributed by atoms with van der Waals surface area (Å²) in [6.07, 6.45) is 4.42. The van der Waals surface area contributed by atoms with Crippen LogP contribution in [-0.2, 0) is 4.79 Å². The molecule has 3 aromatic rings. The molecule has 30 heavy (non-hydrogen) atoms. The first-order valence-electron chi connectivity index (χ1n) is 10.3. The Kier molecular flexibility index (Phi) is 5.48. The zero-order valence-electron chi connectivity index (χ0n) is 17.7. The molecule has 0 aliphatic carbocycles. The number of benzene rings is 1. The summed E-state index contributed by atoms with van der Waals surface area (Å²) in [5.74, 6) is 1.80. The van der Waals surface area contributed by atoms with Crippen LogP contribution >= 0.6 is 0 Å². The van der Waals surface area contributed by atoms with E-state index in [0.29, 0.717) is 6.54 Å². The Labute approximate surface area is 177 Å². The lowest BCUT2D eigenvalue weighted by Crippen LogP contribution is -2.37. The van der Waals surface area contributed by atoms with E-state index >= 15 is 0 Å². The summed E-state index contributed by atoms with van der Waals surface area (Å²) in [6, 6.07) is 15.8. The Hall–Kier alpha value is -3.28. The molecule has 3 heterocycles. The van der Waals surface area contributed by atoms with Gasteiger partial charge in [-0.15, -0.1) is 0 Å². The fourth-order valence-electron chi connectivity index (χ4n) is 3.67. The number of para-hydroxylation sites is 1. The number of likely N-dealkylation sites (tertiary alicyclic amines) is 1. The van der Waals surface area contributed by atoms with Crippen LogP contribution in [0.3, 0.4) is 0 Å². The lowest BCUT2D eigenvalue weighted by atomic mass is 9.95. The number of nitrogens with zero attached hydrogens (tertiary/aromatic N) is 4. The van der Waals surface area contributed by atoms with Gasteiger partial charge in [-0.2, -0.15) is 0 Å². The molecule has 1 saturated heterocycles. The minimum atomic E-state index is -0.382. The molecule has 1 aliphatic heterocycles. The van der Waals surface area contributed by atoms with Gasteiger partial charge in [0.1, 0.15) is 11.6 Å². The van der Waals surface area contributed by atoms with Crippen LogP contribution in [-0.4, -0.2) is 38.8 Å². The molecule has 0 bridgehead atoms. The molecule has 0 spiro atoms. The average molecular weight is 402 g/mol. The topological polar surface area (TPSA) is 71.0 Å². The number of rotatable bonds is 4. The van der Waals surface area contributed by atoms with Crippen molar-refractivity contribution in [3.63, 3.8) is 0 Å². The van der Waals surface area contributed by atoms with Gasteiger partial charge in [-0.1, -0.05) is 39.0 Å². The highest BCUT2D eigenvalue weighted by Crippen LogP contribution is 2.31. The van der Waals surface area contributed by atoms with Gasteiger partial charge in [-0.3, -0.25) is 9.78 Å². The van der Waals surface area contributed by atoms with Crippen LogP contribution in [0.2, 0.25) is 0 Å². The number of pyridine rings is 1. The molecular formula is C24H27N5O. The number of aromatic nitrogens is 3. The summed E-state index contributed by atoms with van der Waals surface area (Å²) in [6.45, 7) is 7.28. The Morgan fingerprint density at radius 3 is 2.60 bits per heavy atom. The molecule has 1 aliphatic rings. The largest absolute Gasteiger partial charge is 0.341 e. The van der Waals surface area contributed by atoms with E-state index in [1.165, 1.54) is 0 Å². The Bertz CT molecular complexity index is 1010. The van der Waals surface area contributed by atoms with Crippen molar-refractivity contribution in [1.82, 2.24) is 19.9 Å².